The number of thiazole rings is 1. The Labute approximate surface area is 191 Å². The number of benzene rings is 3. The molecule has 156 valence electrons. The Morgan fingerprint density at radius 1 is 1.00 bits per heavy atom. The van der Waals surface area contributed by atoms with Crippen LogP contribution in [0.3, 0.4) is 0 Å². The monoisotopic (exact) mass is 472 g/mol. The van der Waals surface area contributed by atoms with Gasteiger partial charge in [-0.2, -0.15) is 5.12 Å². The van der Waals surface area contributed by atoms with E-state index in [4.69, 9.17) is 16.6 Å². The van der Waals surface area contributed by atoms with E-state index in [-0.39, 0.29) is 18.1 Å². The van der Waals surface area contributed by atoms with Crippen LogP contribution in [0.2, 0.25) is 5.02 Å². The molecule has 5 rings (SSSR count). The highest BCUT2D eigenvalue weighted by Gasteiger charge is 2.29. The number of fused-ring (bicyclic) bond motifs is 1. The zero-order chi connectivity index (χ0) is 20.7. The number of nitrogens with zero attached hydrogens (tertiary/aromatic N) is 5. The summed E-state index contributed by atoms with van der Waals surface area (Å²) >= 11 is 7.57. The number of rotatable bonds is 4. The number of hydrogen-bond donors (Lipinski definition) is 1. The number of non-ortho nitro benzene ring substituents is 1. The molecule has 0 bridgehead atoms. The number of hydrogen-bond acceptors (Lipinski definition) is 8. The van der Waals surface area contributed by atoms with E-state index in [1.807, 2.05) is 36.4 Å². The minimum absolute atomic E-state index is 0. The van der Waals surface area contributed by atoms with Gasteiger partial charge < -0.3 is 0 Å². The van der Waals surface area contributed by atoms with E-state index in [2.05, 4.69) is 10.6 Å². The summed E-state index contributed by atoms with van der Waals surface area (Å²) < 4.78 is 1.05. The van der Waals surface area contributed by atoms with Crippen molar-refractivity contribution in [2.24, 2.45) is 5.10 Å². The van der Waals surface area contributed by atoms with E-state index in [0.717, 1.165) is 15.8 Å². The number of nitro benzene ring substituents is 1. The molecule has 0 saturated heterocycles. The predicted octanol–water partition coefficient (Wildman–Crippen LogP) is 5.39. The Morgan fingerprint density at radius 3 is 2.39 bits per heavy atom. The number of amidine groups is 1. The molecule has 0 aliphatic carbocycles. The summed E-state index contributed by atoms with van der Waals surface area (Å²) in [7, 11) is 0. The Kier molecular flexibility index (Phi) is 5.75. The van der Waals surface area contributed by atoms with Crippen molar-refractivity contribution in [3.63, 3.8) is 0 Å². The van der Waals surface area contributed by atoms with Crippen LogP contribution in [0.15, 0.2) is 77.9 Å². The molecule has 4 aromatic rings. The maximum Gasteiger partial charge on any atom is 0.269 e. The number of para-hydroxylation sites is 1. The topological polar surface area (TPSA) is 86.9 Å². The van der Waals surface area contributed by atoms with Gasteiger partial charge in [0.2, 0.25) is 5.13 Å². The summed E-state index contributed by atoms with van der Waals surface area (Å²) in [5, 5.41) is 20.3. The maximum atomic E-state index is 10.9. The highest BCUT2D eigenvalue weighted by Crippen LogP contribution is 2.32. The molecule has 1 N–H and O–H groups in total. The van der Waals surface area contributed by atoms with Gasteiger partial charge in [0.15, 0.2) is 5.84 Å². The summed E-state index contributed by atoms with van der Waals surface area (Å²) in [5.41, 5.74) is 5.61. The molecule has 1 aromatic heterocycles. The first-order valence-corrected chi connectivity index (χ1v) is 10.1. The third-order valence-electron chi connectivity index (χ3n) is 4.48. The van der Waals surface area contributed by atoms with Gasteiger partial charge in [-0.25, -0.2) is 9.99 Å². The molecule has 1 aliphatic heterocycles. The van der Waals surface area contributed by atoms with E-state index in [0.29, 0.717) is 21.7 Å². The Bertz CT molecular complexity index is 1240. The first kappa shape index (κ1) is 21.0. The molecule has 0 spiro atoms. The Morgan fingerprint density at radius 2 is 1.71 bits per heavy atom. The van der Waals surface area contributed by atoms with Crippen molar-refractivity contribution in [3.8, 4) is 0 Å². The lowest BCUT2D eigenvalue weighted by molar-refractivity contribution is -0.384. The predicted molar refractivity (Wildman–Crippen MR) is 126 cm³/mol. The molecule has 0 fully saturated rings. The summed E-state index contributed by atoms with van der Waals surface area (Å²) in [6.45, 7) is 0. The molecule has 8 nitrogen and oxygen atoms in total. The van der Waals surface area contributed by atoms with E-state index in [1.54, 1.807) is 34.4 Å². The molecule has 2 heterocycles. The van der Waals surface area contributed by atoms with Crippen LogP contribution in [0.5, 0.6) is 0 Å². The molecule has 11 heteroatoms. The third kappa shape index (κ3) is 4.04. The quantitative estimate of drug-likeness (QED) is 0.316. The van der Waals surface area contributed by atoms with Gasteiger partial charge in [0.25, 0.3) is 5.69 Å². The second kappa shape index (κ2) is 8.48. The van der Waals surface area contributed by atoms with E-state index in [1.165, 1.54) is 23.5 Å². The second-order valence-corrected chi connectivity index (χ2v) is 7.86. The van der Waals surface area contributed by atoms with Crippen molar-refractivity contribution in [2.75, 3.05) is 10.1 Å². The number of aromatic nitrogens is 1. The first-order valence-electron chi connectivity index (χ1n) is 8.89. The van der Waals surface area contributed by atoms with Gasteiger partial charge in [-0.3, -0.25) is 10.1 Å². The molecule has 0 radical (unpaired) electrons. The number of halogens is 2. The van der Waals surface area contributed by atoms with Crippen molar-refractivity contribution in [3.05, 3.63) is 93.5 Å². The number of hydrazone groups is 1. The van der Waals surface area contributed by atoms with Crippen LogP contribution in [0.1, 0.15) is 5.56 Å². The van der Waals surface area contributed by atoms with Crippen LogP contribution in [-0.2, 0) is 0 Å². The smallest absolute Gasteiger partial charge is 0.258 e. The van der Waals surface area contributed by atoms with Gasteiger partial charge in [-0.1, -0.05) is 35.1 Å². The molecule has 0 saturated carbocycles. The van der Waals surface area contributed by atoms with Crippen LogP contribution in [0.25, 0.3) is 10.2 Å². The molecule has 31 heavy (non-hydrogen) atoms. The zero-order valence-corrected chi connectivity index (χ0v) is 18.1. The fourth-order valence-electron chi connectivity index (χ4n) is 3.01. The number of nitro groups is 1. The van der Waals surface area contributed by atoms with E-state index < -0.39 is 4.92 Å². The lowest BCUT2D eigenvalue weighted by Crippen LogP contribution is -2.43. The largest absolute Gasteiger partial charge is 0.269 e. The van der Waals surface area contributed by atoms with Gasteiger partial charge in [0.05, 0.1) is 20.8 Å². The van der Waals surface area contributed by atoms with Crippen LogP contribution in [0.4, 0.5) is 16.5 Å². The lowest BCUT2D eigenvalue weighted by atomic mass is 10.2. The minimum atomic E-state index is -0.434. The van der Waals surface area contributed by atoms with Crippen molar-refractivity contribution in [2.45, 2.75) is 0 Å². The zero-order valence-electron chi connectivity index (χ0n) is 15.7. The number of anilines is 2. The third-order valence-corrected chi connectivity index (χ3v) is 5.76. The van der Waals surface area contributed by atoms with E-state index >= 15 is 0 Å². The Hall–Kier alpha value is -3.24. The van der Waals surface area contributed by atoms with Crippen LogP contribution >= 0.6 is 35.3 Å². The minimum Gasteiger partial charge on any atom is -0.258 e. The normalized spacial score (nSPS) is 13.3. The SMILES string of the molecule is Cl.O=[N+]([O-])c1ccc(N2N=C(c3ccc(Cl)cc3)N(c3nc4ccccc4s3)N2)cc1. The fourth-order valence-corrected chi connectivity index (χ4v) is 4.06. The van der Waals surface area contributed by atoms with Crippen molar-refractivity contribution >= 4 is 67.9 Å². The average molecular weight is 473 g/mol. The Balaban J connectivity index is 0.00000231. The van der Waals surface area contributed by atoms with Crippen molar-refractivity contribution in [1.82, 2.24) is 10.5 Å². The number of nitrogens with one attached hydrogen (secondary N) is 1. The second-order valence-electron chi connectivity index (χ2n) is 6.42. The molecule has 3 aromatic carbocycles. The maximum absolute atomic E-state index is 10.9. The molecule has 0 amide bonds. The summed E-state index contributed by atoms with van der Waals surface area (Å²) in [6.07, 6.45) is 0. The van der Waals surface area contributed by atoms with Crippen LogP contribution in [0, 0.1) is 10.1 Å². The average Bonchev–Trinajstić information content (AvgIpc) is 3.39. The van der Waals surface area contributed by atoms with Gasteiger partial charge in [0.1, 0.15) is 0 Å². The van der Waals surface area contributed by atoms with E-state index in [9.17, 15) is 10.1 Å². The van der Waals surface area contributed by atoms with Crippen LogP contribution in [-0.4, -0.2) is 15.7 Å². The summed E-state index contributed by atoms with van der Waals surface area (Å²) in [6, 6.07) is 21.4. The van der Waals surface area contributed by atoms with Gasteiger partial charge >= 0.3 is 0 Å². The van der Waals surface area contributed by atoms with Crippen LogP contribution < -0.4 is 15.7 Å². The summed E-state index contributed by atoms with van der Waals surface area (Å²) in [4.78, 5) is 15.2. The first-order chi connectivity index (χ1) is 14.6. The molecule has 0 atom stereocenters. The van der Waals surface area contributed by atoms with Gasteiger partial charge in [0, 0.05) is 22.7 Å². The standard InChI is InChI=1S/C20H13ClN6O2S.ClH/c21-14-7-5-13(6-8-14)19-23-26(15-9-11-16(12-10-15)27(28)29)24-25(19)20-22-17-3-1-2-4-18(17)30-20;/h1-12,24H;1H. The van der Waals surface area contributed by atoms with Gasteiger partial charge in [-0.15, -0.1) is 23.0 Å². The highest BCUT2D eigenvalue weighted by molar-refractivity contribution is 7.22. The summed E-state index contributed by atoms with van der Waals surface area (Å²) in [5.74, 6) is 0.629. The highest BCUT2D eigenvalue weighted by atomic mass is 35.5. The molecular formula is C20H14Cl2N6O2S. The number of hydrazine groups is 2. The van der Waals surface area contributed by atoms with Gasteiger partial charge in [-0.05, 0) is 48.5 Å². The van der Waals surface area contributed by atoms with Crippen molar-refractivity contribution < 1.29 is 4.92 Å². The molecule has 0 unspecified atom stereocenters. The van der Waals surface area contributed by atoms with Crippen molar-refractivity contribution in [1.29, 1.82) is 0 Å². The lowest BCUT2D eigenvalue weighted by Gasteiger charge is -2.19. The molecular weight excluding hydrogens is 459 g/mol. The molecule has 1 aliphatic rings. The fraction of sp³-hybridized carbons (Fsp3) is 0.